The molecule has 142 valence electrons. The van der Waals surface area contributed by atoms with E-state index in [9.17, 15) is 4.79 Å². The van der Waals surface area contributed by atoms with Crippen molar-refractivity contribution in [2.75, 3.05) is 33.4 Å². The second-order valence-corrected chi connectivity index (χ2v) is 7.07. The number of amides is 1. The Bertz CT molecular complexity index is 805. The smallest absolute Gasteiger partial charge is 0.251 e. The summed E-state index contributed by atoms with van der Waals surface area (Å²) in [5.41, 5.74) is 2.30. The molecule has 0 saturated carbocycles. The van der Waals surface area contributed by atoms with Crippen LogP contribution in [0.2, 0.25) is 0 Å². The fraction of sp³-hybridized carbons (Fsp3) is 0.429. The van der Waals surface area contributed by atoms with E-state index in [1.54, 1.807) is 13.2 Å². The van der Waals surface area contributed by atoms with Crippen LogP contribution in [0.3, 0.4) is 0 Å². The molecule has 2 fully saturated rings. The molecule has 27 heavy (non-hydrogen) atoms. The van der Waals surface area contributed by atoms with Gasteiger partial charge < -0.3 is 14.8 Å². The number of aromatic nitrogens is 1. The molecule has 4 rings (SSSR count). The van der Waals surface area contributed by atoms with Crippen molar-refractivity contribution >= 4 is 5.91 Å². The number of carbonyl (C=O) groups excluding carboxylic acids is 1. The molecule has 6 nitrogen and oxygen atoms in total. The number of carbonyl (C=O) groups is 1. The van der Waals surface area contributed by atoms with Gasteiger partial charge in [0.25, 0.3) is 5.91 Å². The molecule has 0 radical (unpaired) electrons. The van der Waals surface area contributed by atoms with Gasteiger partial charge in [0.2, 0.25) is 5.88 Å². The summed E-state index contributed by atoms with van der Waals surface area (Å²) >= 11 is 0. The molecule has 0 spiro atoms. The predicted octanol–water partition coefficient (Wildman–Crippen LogP) is 2.35. The zero-order chi connectivity index (χ0) is 18.6. The van der Waals surface area contributed by atoms with Crippen LogP contribution in [0, 0.1) is 0 Å². The molecule has 0 aliphatic carbocycles. The number of ether oxygens (including phenoxy) is 2. The van der Waals surface area contributed by atoms with Gasteiger partial charge in [0.15, 0.2) is 0 Å². The number of methoxy groups -OCH3 is 1. The molecule has 2 unspecified atom stereocenters. The highest BCUT2D eigenvalue weighted by atomic mass is 16.5. The summed E-state index contributed by atoms with van der Waals surface area (Å²) < 4.78 is 10.9. The number of rotatable bonds is 5. The molecule has 1 aromatic carbocycles. The Morgan fingerprint density at radius 3 is 2.81 bits per heavy atom. The molecular formula is C21H25N3O3. The summed E-state index contributed by atoms with van der Waals surface area (Å²) in [5, 5.41) is 3.17. The van der Waals surface area contributed by atoms with Gasteiger partial charge in [-0.25, -0.2) is 4.98 Å². The van der Waals surface area contributed by atoms with Gasteiger partial charge in [-0.05, 0) is 44.1 Å². The molecule has 6 heteroatoms. The number of benzene rings is 1. The predicted molar refractivity (Wildman–Crippen MR) is 103 cm³/mol. The molecule has 1 aromatic heterocycles. The van der Waals surface area contributed by atoms with Crippen molar-refractivity contribution in [2.24, 2.45) is 0 Å². The molecule has 3 heterocycles. The van der Waals surface area contributed by atoms with Crippen LogP contribution < -0.4 is 10.1 Å². The van der Waals surface area contributed by atoms with E-state index < -0.39 is 0 Å². The summed E-state index contributed by atoms with van der Waals surface area (Å²) in [4.78, 5) is 19.7. The van der Waals surface area contributed by atoms with Crippen molar-refractivity contribution in [3.05, 3.63) is 48.0 Å². The maximum Gasteiger partial charge on any atom is 0.251 e. The van der Waals surface area contributed by atoms with E-state index in [0.29, 0.717) is 24.7 Å². The van der Waals surface area contributed by atoms with E-state index in [2.05, 4.69) is 15.2 Å². The largest absolute Gasteiger partial charge is 0.481 e. The van der Waals surface area contributed by atoms with Crippen LogP contribution >= 0.6 is 0 Å². The first-order valence-electron chi connectivity index (χ1n) is 9.49. The lowest BCUT2D eigenvalue weighted by Crippen LogP contribution is -2.50. The molecular weight excluding hydrogens is 342 g/mol. The van der Waals surface area contributed by atoms with Crippen molar-refractivity contribution in [2.45, 2.75) is 24.9 Å². The standard InChI is InChI=1S/C21H25N3O3/c1-26-20-9-5-8-17(22-20)15-6-4-7-16(12-15)21(25)23-18-13-27-14-19(18)24-10-2-3-11-24/h4-9,12,18-19H,2-3,10-11,13-14H2,1H3,(H,23,25). The zero-order valence-corrected chi connectivity index (χ0v) is 15.6. The molecule has 2 aliphatic rings. The van der Waals surface area contributed by atoms with Gasteiger partial charge in [-0.15, -0.1) is 0 Å². The normalized spacial score (nSPS) is 22.7. The number of hydrogen-bond donors (Lipinski definition) is 1. The Labute approximate surface area is 159 Å². The topological polar surface area (TPSA) is 63.7 Å². The van der Waals surface area contributed by atoms with Gasteiger partial charge in [-0.2, -0.15) is 0 Å². The number of pyridine rings is 1. The third kappa shape index (κ3) is 3.96. The summed E-state index contributed by atoms with van der Waals surface area (Å²) in [7, 11) is 1.59. The Morgan fingerprint density at radius 2 is 2.00 bits per heavy atom. The first-order chi connectivity index (χ1) is 13.2. The van der Waals surface area contributed by atoms with Gasteiger partial charge in [-0.1, -0.05) is 18.2 Å². The Morgan fingerprint density at radius 1 is 1.19 bits per heavy atom. The van der Waals surface area contributed by atoms with E-state index in [-0.39, 0.29) is 18.0 Å². The van der Waals surface area contributed by atoms with E-state index in [1.165, 1.54) is 12.8 Å². The lowest BCUT2D eigenvalue weighted by Gasteiger charge is -2.27. The van der Waals surface area contributed by atoms with E-state index >= 15 is 0 Å². The summed E-state index contributed by atoms with van der Waals surface area (Å²) in [6, 6.07) is 13.5. The Hall–Kier alpha value is -2.44. The quantitative estimate of drug-likeness (QED) is 0.879. The minimum Gasteiger partial charge on any atom is -0.481 e. The van der Waals surface area contributed by atoms with Crippen LogP contribution in [0.25, 0.3) is 11.3 Å². The molecule has 1 amide bonds. The van der Waals surface area contributed by atoms with Gasteiger partial charge in [0.05, 0.1) is 38.1 Å². The molecule has 2 atom stereocenters. The SMILES string of the molecule is COc1cccc(-c2cccc(C(=O)NC3COCC3N3CCCC3)c2)n1. The van der Waals surface area contributed by atoms with Crippen molar-refractivity contribution in [1.29, 1.82) is 0 Å². The van der Waals surface area contributed by atoms with E-state index in [0.717, 1.165) is 24.3 Å². The molecule has 1 N–H and O–H groups in total. The second-order valence-electron chi connectivity index (χ2n) is 7.07. The van der Waals surface area contributed by atoms with Gasteiger partial charge >= 0.3 is 0 Å². The molecule has 2 aromatic rings. The highest BCUT2D eigenvalue weighted by Crippen LogP contribution is 2.22. The Kier molecular flexibility index (Phi) is 5.36. The number of likely N-dealkylation sites (tertiary alicyclic amines) is 1. The van der Waals surface area contributed by atoms with Crippen molar-refractivity contribution in [1.82, 2.24) is 15.2 Å². The van der Waals surface area contributed by atoms with Crippen LogP contribution in [0.1, 0.15) is 23.2 Å². The van der Waals surface area contributed by atoms with Gasteiger partial charge in [-0.3, -0.25) is 9.69 Å². The maximum atomic E-state index is 12.8. The highest BCUT2D eigenvalue weighted by Gasteiger charge is 2.35. The lowest BCUT2D eigenvalue weighted by molar-refractivity contribution is 0.0916. The first-order valence-corrected chi connectivity index (χ1v) is 9.49. The third-order valence-corrected chi connectivity index (χ3v) is 5.33. The Balaban J connectivity index is 1.49. The zero-order valence-electron chi connectivity index (χ0n) is 15.6. The van der Waals surface area contributed by atoms with Crippen molar-refractivity contribution < 1.29 is 14.3 Å². The van der Waals surface area contributed by atoms with Crippen LogP contribution in [0.5, 0.6) is 5.88 Å². The van der Waals surface area contributed by atoms with Crippen LogP contribution in [0.4, 0.5) is 0 Å². The average molecular weight is 367 g/mol. The minimum atomic E-state index is -0.0700. The number of hydrogen-bond acceptors (Lipinski definition) is 5. The van der Waals surface area contributed by atoms with Gasteiger partial charge in [0, 0.05) is 17.2 Å². The summed E-state index contributed by atoms with van der Waals surface area (Å²) in [5.74, 6) is 0.485. The molecule has 2 aliphatic heterocycles. The second kappa shape index (κ2) is 8.06. The maximum absolute atomic E-state index is 12.8. The van der Waals surface area contributed by atoms with E-state index in [1.807, 2.05) is 36.4 Å². The molecule has 0 bridgehead atoms. The van der Waals surface area contributed by atoms with Crippen molar-refractivity contribution in [3.63, 3.8) is 0 Å². The van der Waals surface area contributed by atoms with Crippen LogP contribution in [-0.4, -0.2) is 61.3 Å². The number of nitrogens with one attached hydrogen (secondary N) is 1. The van der Waals surface area contributed by atoms with Gasteiger partial charge in [0.1, 0.15) is 0 Å². The third-order valence-electron chi connectivity index (χ3n) is 5.33. The van der Waals surface area contributed by atoms with E-state index in [4.69, 9.17) is 9.47 Å². The van der Waals surface area contributed by atoms with Crippen LogP contribution in [-0.2, 0) is 4.74 Å². The average Bonchev–Trinajstić information content (AvgIpc) is 3.39. The summed E-state index contributed by atoms with van der Waals surface area (Å²) in [6.45, 7) is 3.46. The highest BCUT2D eigenvalue weighted by molar-refractivity contribution is 5.95. The van der Waals surface area contributed by atoms with Crippen LogP contribution in [0.15, 0.2) is 42.5 Å². The first kappa shape index (κ1) is 17.9. The number of nitrogens with zero attached hydrogens (tertiary/aromatic N) is 2. The summed E-state index contributed by atoms with van der Waals surface area (Å²) in [6.07, 6.45) is 2.46. The van der Waals surface area contributed by atoms with Crippen molar-refractivity contribution in [3.8, 4) is 17.1 Å². The monoisotopic (exact) mass is 367 g/mol. The molecule has 2 saturated heterocycles. The minimum absolute atomic E-state index is 0.0363. The fourth-order valence-electron chi connectivity index (χ4n) is 3.87. The fourth-order valence-corrected chi connectivity index (χ4v) is 3.87. The lowest BCUT2D eigenvalue weighted by atomic mass is 10.1.